The summed E-state index contributed by atoms with van der Waals surface area (Å²) in [6.45, 7) is 1.56. The summed E-state index contributed by atoms with van der Waals surface area (Å²) in [6, 6.07) is 13.5. The van der Waals surface area contributed by atoms with Gasteiger partial charge < -0.3 is 10.6 Å². The fourth-order valence-corrected chi connectivity index (χ4v) is 2.77. The number of anilines is 1. The first-order valence-electron chi connectivity index (χ1n) is 7.12. The highest BCUT2D eigenvalue weighted by Crippen LogP contribution is 2.22. The summed E-state index contributed by atoms with van der Waals surface area (Å²) in [5, 5.41) is 6.97. The lowest BCUT2D eigenvalue weighted by Crippen LogP contribution is -2.25. The molecule has 2 N–H and O–H groups in total. The molecule has 0 saturated heterocycles. The summed E-state index contributed by atoms with van der Waals surface area (Å²) in [6.07, 6.45) is 1.76. The van der Waals surface area contributed by atoms with E-state index in [0.717, 1.165) is 41.2 Å². The predicted molar refractivity (Wildman–Crippen MR) is 86.1 cm³/mol. The van der Waals surface area contributed by atoms with Crippen LogP contribution in [-0.4, -0.2) is 19.0 Å². The maximum atomic E-state index is 12.1. The molecule has 1 heterocycles. The Labute approximate surface area is 129 Å². The summed E-state index contributed by atoms with van der Waals surface area (Å²) in [5.41, 5.74) is 4.22. The van der Waals surface area contributed by atoms with Crippen molar-refractivity contribution in [3.8, 4) is 0 Å². The van der Waals surface area contributed by atoms with Crippen LogP contribution in [0.4, 0.5) is 5.69 Å². The number of halogens is 1. The first kappa shape index (κ1) is 14.0. The molecular formula is C17H17ClN2O. The van der Waals surface area contributed by atoms with E-state index in [2.05, 4.69) is 10.6 Å². The highest BCUT2D eigenvalue weighted by molar-refractivity contribution is 6.30. The average Bonchev–Trinajstić information content (AvgIpc) is 2.94. The maximum Gasteiger partial charge on any atom is 0.251 e. The average molecular weight is 301 g/mol. The molecule has 0 aliphatic carbocycles. The number of carbonyl (C=O) groups excluding carboxylic acids is 1. The smallest absolute Gasteiger partial charge is 0.251 e. The van der Waals surface area contributed by atoms with Gasteiger partial charge in [-0.2, -0.15) is 0 Å². The van der Waals surface area contributed by atoms with E-state index < -0.39 is 0 Å². The lowest BCUT2D eigenvalue weighted by Gasteiger charge is -2.07. The number of fused-ring (bicyclic) bond motifs is 1. The minimum atomic E-state index is -0.0215. The molecule has 4 heteroatoms. The van der Waals surface area contributed by atoms with E-state index in [1.165, 1.54) is 5.56 Å². The van der Waals surface area contributed by atoms with E-state index in [4.69, 9.17) is 11.6 Å². The standard InChI is InChI=1S/C17H17ClN2O/c18-15-3-1-2-12(10-15)6-8-20-17(21)14-4-5-16-13(11-14)7-9-19-16/h1-5,10-11,19H,6-9H2,(H,20,21). The Morgan fingerprint density at radius 1 is 1.24 bits per heavy atom. The monoisotopic (exact) mass is 300 g/mol. The van der Waals surface area contributed by atoms with Gasteiger partial charge in [-0.15, -0.1) is 0 Å². The van der Waals surface area contributed by atoms with Crippen LogP contribution >= 0.6 is 11.6 Å². The molecule has 1 amide bonds. The van der Waals surface area contributed by atoms with Gasteiger partial charge in [0.05, 0.1) is 0 Å². The molecular weight excluding hydrogens is 284 g/mol. The fraction of sp³-hybridized carbons (Fsp3) is 0.235. The molecule has 0 atom stereocenters. The van der Waals surface area contributed by atoms with Crippen LogP contribution in [-0.2, 0) is 12.8 Å². The van der Waals surface area contributed by atoms with Crippen LogP contribution in [0.2, 0.25) is 5.02 Å². The van der Waals surface area contributed by atoms with Gasteiger partial charge in [-0.3, -0.25) is 4.79 Å². The number of benzene rings is 2. The molecule has 0 saturated carbocycles. The molecule has 0 spiro atoms. The second kappa shape index (κ2) is 6.19. The molecule has 0 aromatic heterocycles. The van der Waals surface area contributed by atoms with Crippen molar-refractivity contribution in [3.05, 3.63) is 64.2 Å². The van der Waals surface area contributed by atoms with Gasteiger partial charge in [0.1, 0.15) is 0 Å². The molecule has 1 aliphatic heterocycles. The largest absolute Gasteiger partial charge is 0.384 e. The second-order valence-electron chi connectivity index (χ2n) is 5.18. The summed E-state index contributed by atoms with van der Waals surface area (Å²) < 4.78 is 0. The van der Waals surface area contributed by atoms with Gasteiger partial charge in [0.15, 0.2) is 0 Å². The third-order valence-corrected chi connectivity index (χ3v) is 3.90. The number of nitrogens with one attached hydrogen (secondary N) is 2. The zero-order valence-corrected chi connectivity index (χ0v) is 12.4. The van der Waals surface area contributed by atoms with Gasteiger partial charge in [0, 0.05) is 29.4 Å². The van der Waals surface area contributed by atoms with Crippen LogP contribution in [0.1, 0.15) is 21.5 Å². The van der Waals surface area contributed by atoms with Crippen LogP contribution in [0.15, 0.2) is 42.5 Å². The highest BCUT2D eigenvalue weighted by atomic mass is 35.5. The molecule has 3 nitrogen and oxygen atoms in total. The summed E-state index contributed by atoms with van der Waals surface area (Å²) in [5.74, 6) is -0.0215. The highest BCUT2D eigenvalue weighted by Gasteiger charge is 2.13. The van der Waals surface area contributed by atoms with Crippen LogP contribution in [0.25, 0.3) is 0 Å². The number of rotatable bonds is 4. The lowest BCUT2D eigenvalue weighted by atomic mass is 10.1. The molecule has 0 bridgehead atoms. The predicted octanol–water partition coefficient (Wildman–Crippen LogP) is 3.28. The Kier molecular flexibility index (Phi) is 4.11. The third-order valence-electron chi connectivity index (χ3n) is 3.67. The SMILES string of the molecule is O=C(NCCc1cccc(Cl)c1)c1ccc2c(c1)CCN2. The molecule has 2 aromatic carbocycles. The van der Waals surface area contributed by atoms with Gasteiger partial charge in [-0.25, -0.2) is 0 Å². The van der Waals surface area contributed by atoms with E-state index in [-0.39, 0.29) is 5.91 Å². The minimum Gasteiger partial charge on any atom is -0.384 e. The minimum absolute atomic E-state index is 0.0215. The zero-order chi connectivity index (χ0) is 14.7. The second-order valence-corrected chi connectivity index (χ2v) is 5.62. The quantitative estimate of drug-likeness (QED) is 0.910. The summed E-state index contributed by atoms with van der Waals surface area (Å²) in [4.78, 5) is 12.1. The van der Waals surface area contributed by atoms with E-state index in [0.29, 0.717) is 6.54 Å². The normalized spacial score (nSPS) is 12.6. The number of hydrogen-bond acceptors (Lipinski definition) is 2. The first-order chi connectivity index (χ1) is 10.2. The van der Waals surface area contributed by atoms with Crippen molar-refractivity contribution in [1.82, 2.24) is 5.32 Å². The molecule has 3 rings (SSSR count). The Balaban J connectivity index is 1.57. The van der Waals surface area contributed by atoms with Gasteiger partial charge >= 0.3 is 0 Å². The number of carbonyl (C=O) groups is 1. The maximum absolute atomic E-state index is 12.1. The Morgan fingerprint density at radius 3 is 3.00 bits per heavy atom. The summed E-state index contributed by atoms with van der Waals surface area (Å²) >= 11 is 5.94. The molecule has 21 heavy (non-hydrogen) atoms. The van der Waals surface area contributed by atoms with Crippen molar-refractivity contribution in [2.75, 3.05) is 18.4 Å². The Bertz CT molecular complexity index is 670. The fourth-order valence-electron chi connectivity index (χ4n) is 2.56. The Morgan fingerprint density at radius 2 is 2.14 bits per heavy atom. The van der Waals surface area contributed by atoms with Crippen molar-refractivity contribution >= 4 is 23.2 Å². The van der Waals surface area contributed by atoms with Crippen LogP contribution < -0.4 is 10.6 Å². The third kappa shape index (κ3) is 3.37. The van der Waals surface area contributed by atoms with Crippen molar-refractivity contribution in [1.29, 1.82) is 0 Å². The molecule has 2 aromatic rings. The van der Waals surface area contributed by atoms with Crippen molar-refractivity contribution < 1.29 is 4.79 Å². The Hall–Kier alpha value is -2.00. The van der Waals surface area contributed by atoms with Gasteiger partial charge in [0.25, 0.3) is 5.91 Å². The zero-order valence-electron chi connectivity index (χ0n) is 11.7. The van der Waals surface area contributed by atoms with Crippen molar-refractivity contribution in [2.24, 2.45) is 0 Å². The molecule has 0 fully saturated rings. The molecule has 0 unspecified atom stereocenters. The molecule has 108 valence electrons. The van der Waals surface area contributed by atoms with E-state index in [1.54, 1.807) is 0 Å². The topological polar surface area (TPSA) is 41.1 Å². The van der Waals surface area contributed by atoms with Crippen LogP contribution in [0.5, 0.6) is 0 Å². The van der Waals surface area contributed by atoms with Crippen molar-refractivity contribution in [3.63, 3.8) is 0 Å². The lowest BCUT2D eigenvalue weighted by molar-refractivity contribution is 0.0954. The first-order valence-corrected chi connectivity index (χ1v) is 7.49. The molecule has 1 aliphatic rings. The van der Waals surface area contributed by atoms with Gasteiger partial charge in [0.2, 0.25) is 0 Å². The van der Waals surface area contributed by atoms with Gasteiger partial charge in [-0.05, 0) is 54.3 Å². The molecule has 0 radical (unpaired) electrons. The van der Waals surface area contributed by atoms with E-state index >= 15 is 0 Å². The van der Waals surface area contributed by atoms with Crippen molar-refractivity contribution in [2.45, 2.75) is 12.8 Å². The van der Waals surface area contributed by atoms with Gasteiger partial charge in [-0.1, -0.05) is 23.7 Å². The number of hydrogen-bond donors (Lipinski definition) is 2. The van der Waals surface area contributed by atoms with Crippen LogP contribution in [0.3, 0.4) is 0 Å². The van der Waals surface area contributed by atoms with E-state index in [1.807, 2.05) is 42.5 Å². The van der Waals surface area contributed by atoms with Crippen LogP contribution in [0, 0.1) is 0 Å². The number of amides is 1. The van der Waals surface area contributed by atoms with E-state index in [9.17, 15) is 4.79 Å². The summed E-state index contributed by atoms with van der Waals surface area (Å²) in [7, 11) is 0.